The molecule has 0 saturated carbocycles. The van der Waals surface area contributed by atoms with E-state index < -0.39 is 41.5 Å². The Hall–Kier alpha value is -1.68. The third-order valence-electron chi connectivity index (χ3n) is 6.07. The van der Waals surface area contributed by atoms with Crippen molar-refractivity contribution >= 4 is 51.0 Å². The van der Waals surface area contributed by atoms with E-state index in [-0.39, 0.29) is 30.5 Å². The van der Waals surface area contributed by atoms with Crippen LogP contribution in [0.4, 0.5) is 5.69 Å². The van der Waals surface area contributed by atoms with E-state index >= 15 is 0 Å². The minimum absolute atomic E-state index is 0.0474. The number of halogens is 2. The van der Waals surface area contributed by atoms with E-state index in [9.17, 15) is 19.5 Å². The first-order valence-electron chi connectivity index (χ1n) is 9.81. The zero-order chi connectivity index (χ0) is 21.6. The highest BCUT2D eigenvalue weighted by atomic mass is 79.9. The van der Waals surface area contributed by atoms with Gasteiger partial charge in [0.05, 0.1) is 41.9 Å². The van der Waals surface area contributed by atoms with Crippen LogP contribution in [0.3, 0.4) is 0 Å². The number of para-hydroxylation sites is 1. The Morgan fingerprint density at radius 3 is 2.83 bits per heavy atom. The molecule has 1 aromatic carbocycles. The normalized spacial score (nSPS) is 34.2. The van der Waals surface area contributed by atoms with Crippen molar-refractivity contribution in [1.82, 2.24) is 4.90 Å². The van der Waals surface area contributed by atoms with Gasteiger partial charge in [0.15, 0.2) is 0 Å². The maximum absolute atomic E-state index is 13.4. The molecule has 2 bridgehead atoms. The van der Waals surface area contributed by atoms with Crippen LogP contribution in [0, 0.1) is 11.8 Å². The Balaban J connectivity index is 1.72. The van der Waals surface area contributed by atoms with Gasteiger partial charge in [0, 0.05) is 11.4 Å². The van der Waals surface area contributed by atoms with E-state index in [1.165, 1.54) is 4.90 Å². The average molecular weight is 502 g/mol. The third kappa shape index (κ3) is 3.14. The molecule has 3 aliphatic heterocycles. The Labute approximate surface area is 187 Å². The molecule has 6 atom stereocenters. The third-order valence-corrected chi connectivity index (χ3v) is 7.24. The van der Waals surface area contributed by atoms with Gasteiger partial charge in [-0.05, 0) is 25.5 Å². The van der Waals surface area contributed by atoms with Gasteiger partial charge in [0.25, 0.3) is 0 Å². The zero-order valence-corrected chi connectivity index (χ0v) is 18.6. The second kappa shape index (κ2) is 8.11. The number of nitrogens with one attached hydrogen (secondary N) is 1. The fraction of sp³-hybridized carbons (Fsp3) is 0.550. The lowest BCUT2D eigenvalue weighted by Crippen LogP contribution is -2.54. The number of anilines is 1. The zero-order valence-electron chi connectivity index (χ0n) is 16.2. The van der Waals surface area contributed by atoms with Gasteiger partial charge in [-0.15, -0.1) is 0 Å². The fourth-order valence-electron chi connectivity index (χ4n) is 5.05. The predicted molar refractivity (Wildman–Crippen MR) is 111 cm³/mol. The van der Waals surface area contributed by atoms with Crippen molar-refractivity contribution in [2.45, 2.75) is 35.9 Å². The minimum atomic E-state index is -1.19. The molecule has 1 aromatic rings. The summed E-state index contributed by atoms with van der Waals surface area (Å²) >= 11 is 9.73. The van der Waals surface area contributed by atoms with Crippen LogP contribution >= 0.6 is 27.5 Å². The van der Waals surface area contributed by atoms with Crippen molar-refractivity contribution in [2.75, 3.05) is 25.1 Å². The summed E-state index contributed by atoms with van der Waals surface area (Å²) in [5.74, 6) is -3.03. The maximum atomic E-state index is 13.4. The molecule has 1 unspecified atom stereocenters. The number of fused-ring (bicyclic) bond motifs is 1. The highest BCUT2D eigenvalue weighted by Crippen LogP contribution is 2.60. The number of hydrogen-bond donors (Lipinski definition) is 2. The number of ether oxygens (including phenoxy) is 2. The molecule has 2 N–H and O–H groups in total. The summed E-state index contributed by atoms with van der Waals surface area (Å²) in [4.78, 5) is 40.5. The monoisotopic (exact) mass is 500 g/mol. The summed E-state index contributed by atoms with van der Waals surface area (Å²) in [5, 5.41) is 12.7. The van der Waals surface area contributed by atoms with Crippen LogP contribution in [-0.2, 0) is 23.9 Å². The van der Waals surface area contributed by atoms with Crippen molar-refractivity contribution < 1.29 is 29.0 Å². The number of alkyl halides is 1. The number of esters is 1. The van der Waals surface area contributed by atoms with E-state index in [0.717, 1.165) is 0 Å². The lowest BCUT2D eigenvalue weighted by atomic mass is 9.70. The topological polar surface area (TPSA) is 105 Å². The van der Waals surface area contributed by atoms with Crippen molar-refractivity contribution in [3.63, 3.8) is 0 Å². The predicted octanol–water partition coefficient (Wildman–Crippen LogP) is 1.58. The summed E-state index contributed by atoms with van der Waals surface area (Å²) in [6.45, 7) is 1.51. The Morgan fingerprint density at radius 1 is 1.43 bits per heavy atom. The van der Waals surface area contributed by atoms with Crippen LogP contribution in [0.1, 0.15) is 13.3 Å². The van der Waals surface area contributed by atoms with Gasteiger partial charge in [-0.1, -0.05) is 39.7 Å². The number of carbonyl (C=O) groups excluding carboxylic acids is 3. The highest BCUT2D eigenvalue weighted by molar-refractivity contribution is 9.09. The summed E-state index contributed by atoms with van der Waals surface area (Å²) in [5.41, 5.74) is -0.779. The molecule has 3 saturated heterocycles. The van der Waals surface area contributed by atoms with E-state index in [2.05, 4.69) is 21.2 Å². The number of β-amino-alcohol motifs (C(OH)–C–C–N with tert-alkyl or cyclic N) is 1. The number of aliphatic hydroxyl groups is 1. The number of nitrogens with zero attached hydrogens (tertiary/aromatic N) is 1. The molecule has 2 amide bonds. The van der Waals surface area contributed by atoms with E-state index in [1.807, 2.05) is 0 Å². The van der Waals surface area contributed by atoms with Crippen LogP contribution < -0.4 is 5.32 Å². The number of hydrogen-bond acceptors (Lipinski definition) is 6. The van der Waals surface area contributed by atoms with Crippen LogP contribution in [0.15, 0.2) is 24.3 Å². The number of rotatable bonds is 6. The molecule has 10 heteroatoms. The SMILES string of the molecule is CCOC(=O)[C@@H]1[C@H]2O[C@@]3(CC2Br)[C@H](C(=O)Nc2ccccc2Cl)N(CCO)C(=O)[C@@H]13. The molecule has 0 radical (unpaired) electrons. The fourth-order valence-corrected chi connectivity index (χ4v) is 6.18. The first-order chi connectivity index (χ1) is 14.4. The minimum Gasteiger partial charge on any atom is -0.466 e. The molecule has 3 aliphatic rings. The van der Waals surface area contributed by atoms with E-state index in [1.54, 1.807) is 31.2 Å². The molecule has 162 valence electrons. The molecule has 30 heavy (non-hydrogen) atoms. The van der Waals surface area contributed by atoms with Crippen LogP contribution in [-0.4, -0.2) is 70.1 Å². The lowest BCUT2D eigenvalue weighted by Gasteiger charge is -2.33. The first-order valence-corrected chi connectivity index (χ1v) is 11.1. The molecular formula is C20H22BrClN2O6. The average Bonchev–Trinajstić information content (AvgIpc) is 3.28. The Kier molecular flexibility index (Phi) is 5.82. The summed E-state index contributed by atoms with van der Waals surface area (Å²) in [6, 6.07) is 5.77. The second-order valence-electron chi connectivity index (χ2n) is 7.64. The standard InChI is InChI=1S/C20H22BrClN2O6/c1-2-29-19(28)13-14-18(27)24(7-8-25)16(20(14)9-10(21)15(13)30-20)17(26)23-12-6-4-3-5-11(12)22/h3-6,10,13-16,25H,2,7-9H2,1H3,(H,23,26)/t10?,13-,14+,15-,16-,20+/m0/s1. The summed E-state index contributed by atoms with van der Waals surface area (Å²) in [7, 11) is 0. The first kappa shape index (κ1) is 21.5. The smallest absolute Gasteiger partial charge is 0.312 e. The molecule has 0 aliphatic carbocycles. The van der Waals surface area contributed by atoms with Gasteiger partial charge in [-0.2, -0.15) is 0 Å². The van der Waals surface area contributed by atoms with E-state index in [0.29, 0.717) is 17.1 Å². The van der Waals surface area contributed by atoms with Gasteiger partial charge >= 0.3 is 5.97 Å². The van der Waals surface area contributed by atoms with Crippen molar-refractivity contribution in [3.05, 3.63) is 29.3 Å². The number of likely N-dealkylation sites (tertiary alicyclic amines) is 1. The van der Waals surface area contributed by atoms with Gasteiger partial charge in [0.1, 0.15) is 11.6 Å². The van der Waals surface area contributed by atoms with E-state index in [4.69, 9.17) is 21.1 Å². The molecule has 3 heterocycles. The molecule has 3 fully saturated rings. The number of benzene rings is 1. The van der Waals surface area contributed by atoms with Crippen LogP contribution in [0.25, 0.3) is 0 Å². The van der Waals surface area contributed by atoms with Gasteiger partial charge in [-0.3, -0.25) is 14.4 Å². The van der Waals surface area contributed by atoms with Crippen LogP contribution in [0.5, 0.6) is 0 Å². The maximum Gasteiger partial charge on any atom is 0.312 e. The lowest BCUT2D eigenvalue weighted by molar-refractivity contribution is -0.154. The number of amides is 2. The Bertz CT molecular complexity index is 885. The van der Waals surface area contributed by atoms with Gasteiger partial charge < -0.3 is 24.8 Å². The van der Waals surface area contributed by atoms with Crippen LogP contribution in [0.2, 0.25) is 5.02 Å². The van der Waals surface area contributed by atoms with Gasteiger partial charge in [0.2, 0.25) is 11.8 Å². The van der Waals surface area contributed by atoms with Crippen molar-refractivity contribution in [2.24, 2.45) is 11.8 Å². The van der Waals surface area contributed by atoms with Crippen molar-refractivity contribution in [3.8, 4) is 0 Å². The quantitative estimate of drug-likeness (QED) is 0.453. The highest BCUT2D eigenvalue weighted by Gasteiger charge is 2.76. The number of aliphatic hydroxyl groups excluding tert-OH is 1. The molecule has 8 nitrogen and oxygen atoms in total. The van der Waals surface area contributed by atoms with Gasteiger partial charge in [-0.25, -0.2) is 0 Å². The molecular weight excluding hydrogens is 480 g/mol. The molecule has 1 spiro atoms. The second-order valence-corrected chi connectivity index (χ2v) is 9.22. The molecule has 4 rings (SSSR count). The van der Waals surface area contributed by atoms with Crippen molar-refractivity contribution in [1.29, 1.82) is 0 Å². The number of carbonyl (C=O) groups is 3. The molecule has 0 aromatic heterocycles. The Morgan fingerprint density at radius 2 is 2.17 bits per heavy atom. The summed E-state index contributed by atoms with van der Waals surface area (Å²) in [6.07, 6.45) is -0.183. The summed E-state index contributed by atoms with van der Waals surface area (Å²) < 4.78 is 11.4. The largest absolute Gasteiger partial charge is 0.466 e.